The minimum Gasteiger partial charge on any atom is -0.486 e. The fraction of sp³-hybridized carbons (Fsp3) is 0.381. The Balaban J connectivity index is 1.32. The second kappa shape index (κ2) is 6.98. The minimum atomic E-state index is -0.346. The Morgan fingerprint density at radius 2 is 2.04 bits per heavy atom. The maximum absolute atomic E-state index is 13.5. The summed E-state index contributed by atoms with van der Waals surface area (Å²) in [7, 11) is 0. The van der Waals surface area contributed by atoms with Gasteiger partial charge in [-0.3, -0.25) is 9.47 Å². The van der Waals surface area contributed by atoms with Crippen LogP contribution in [-0.4, -0.2) is 46.8 Å². The van der Waals surface area contributed by atoms with Crippen LogP contribution in [0.2, 0.25) is 0 Å². The van der Waals surface area contributed by atoms with Crippen LogP contribution in [0.4, 0.5) is 4.39 Å². The number of rotatable bonds is 3. The number of hydrogen-bond acceptors (Lipinski definition) is 4. The number of imidazole rings is 1. The molecule has 0 radical (unpaired) electrons. The Morgan fingerprint density at radius 1 is 1.18 bits per heavy atom. The molecule has 0 spiro atoms. The number of aromatic nitrogens is 2. The molecular formula is C21H22FN3O3. The van der Waals surface area contributed by atoms with Crippen LogP contribution in [0.25, 0.3) is 11.0 Å². The lowest BCUT2D eigenvalue weighted by Crippen LogP contribution is -2.46. The summed E-state index contributed by atoms with van der Waals surface area (Å²) in [5.74, 6) is 1.22. The van der Waals surface area contributed by atoms with E-state index in [2.05, 4.69) is 9.88 Å². The van der Waals surface area contributed by atoms with Crippen molar-refractivity contribution in [2.75, 3.05) is 26.2 Å². The zero-order chi connectivity index (χ0) is 19.1. The second-order valence-electron chi connectivity index (χ2n) is 7.51. The molecule has 3 aromatic rings. The lowest BCUT2D eigenvalue weighted by atomic mass is 10.0. The second-order valence-corrected chi connectivity index (χ2v) is 7.51. The van der Waals surface area contributed by atoms with E-state index in [1.807, 2.05) is 24.3 Å². The first kappa shape index (κ1) is 17.3. The van der Waals surface area contributed by atoms with E-state index in [-0.39, 0.29) is 23.7 Å². The molecule has 0 aliphatic carbocycles. The number of hydrogen-bond donors (Lipinski definition) is 1. The predicted octanol–water partition coefficient (Wildman–Crippen LogP) is 2.95. The fourth-order valence-corrected chi connectivity index (χ4v) is 4.31. The third kappa shape index (κ3) is 3.16. The molecule has 3 heterocycles. The molecule has 0 unspecified atom stereocenters. The standard InChI is InChI=1S/C21H22FN3O3/c22-14-7-8-18-17(10-14)23-21(26)25(18)15-4-3-9-24(11-15)12-16-13-27-19-5-1-2-6-20(19)28-16/h1-2,5-8,10,15-16H,3-4,9,11-13H2,(H,23,26)/t15-,16-/m0/s1. The van der Waals surface area contributed by atoms with Gasteiger partial charge in [0.2, 0.25) is 0 Å². The summed E-state index contributed by atoms with van der Waals surface area (Å²) in [6, 6.07) is 12.2. The number of ether oxygens (including phenoxy) is 2. The molecule has 1 fully saturated rings. The molecule has 2 aromatic carbocycles. The largest absolute Gasteiger partial charge is 0.486 e. The molecule has 2 aliphatic heterocycles. The molecule has 146 valence electrons. The Labute approximate surface area is 161 Å². The first-order valence-electron chi connectivity index (χ1n) is 9.68. The van der Waals surface area contributed by atoms with E-state index >= 15 is 0 Å². The van der Waals surface area contributed by atoms with Crippen molar-refractivity contribution in [3.05, 3.63) is 58.8 Å². The molecule has 0 saturated carbocycles. The summed E-state index contributed by atoms with van der Waals surface area (Å²) in [6.07, 6.45) is 1.88. The summed E-state index contributed by atoms with van der Waals surface area (Å²) < 4.78 is 27.2. The maximum Gasteiger partial charge on any atom is 0.326 e. The number of para-hydroxylation sites is 2. The molecule has 0 bridgehead atoms. The van der Waals surface area contributed by atoms with Crippen LogP contribution in [0, 0.1) is 5.82 Å². The van der Waals surface area contributed by atoms with Gasteiger partial charge < -0.3 is 14.5 Å². The first-order valence-corrected chi connectivity index (χ1v) is 9.68. The van der Waals surface area contributed by atoms with Gasteiger partial charge in [-0.2, -0.15) is 0 Å². The van der Waals surface area contributed by atoms with E-state index in [1.54, 1.807) is 10.6 Å². The molecule has 6 nitrogen and oxygen atoms in total. The van der Waals surface area contributed by atoms with Crippen molar-refractivity contribution in [1.29, 1.82) is 0 Å². The maximum atomic E-state index is 13.5. The van der Waals surface area contributed by atoms with E-state index in [9.17, 15) is 9.18 Å². The van der Waals surface area contributed by atoms with Crippen LogP contribution in [-0.2, 0) is 0 Å². The average molecular weight is 383 g/mol. The number of H-pyrrole nitrogens is 1. The molecule has 2 atom stereocenters. The molecule has 28 heavy (non-hydrogen) atoms. The van der Waals surface area contributed by atoms with Gasteiger partial charge in [-0.05, 0) is 49.7 Å². The van der Waals surface area contributed by atoms with Crippen LogP contribution in [0.3, 0.4) is 0 Å². The van der Waals surface area contributed by atoms with Gasteiger partial charge in [-0.1, -0.05) is 12.1 Å². The lowest BCUT2D eigenvalue weighted by molar-refractivity contribution is 0.0462. The van der Waals surface area contributed by atoms with Crippen molar-refractivity contribution < 1.29 is 13.9 Å². The van der Waals surface area contributed by atoms with E-state index < -0.39 is 0 Å². The molecule has 7 heteroatoms. The van der Waals surface area contributed by atoms with E-state index in [1.165, 1.54) is 12.1 Å². The Morgan fingerprint density at radius 3 is 2.93 bits per heavy atom. The molecule has 1 aromatic heterocycles. The van der Waals surface area contributed by atoms with Crippen LogP contribution in [0.1, 0.15) is 18.9 Å². The lowest BCUT2D eigenvalue weighted by Gasteiger charge is -2.36. The smallest absolute Gasteiger partial charge is 0.326 e. The highest BCUT2D eigenvalue weighted by Gasteiger charge is 2.28. The van der Waals surface area contributed by atoms with Crippen molar-refractivity contribution in [3.63, 3.8) is 0 Å². The summed E-state index contributed by atoms with van der Waals surface area (Å²) in [5, 5.41) is 0. The first-order chi connectivity index (χ1) is 13.7. The highest BCUT2D eigenvalue weighted by molar-refractivity contribution is 5.75. The van der Waals surface area contributed by atoms with E-state index in [0.29, 0.717) is 12.1 Å². The third-order valence-electron chi connectivity index (χ3n) is 5.55. The number of benzene rings is 2. The van der Waals surface area contributed by atoms with Crippen LogP contribution < -0.4 is 15.2 Å². The zero-order valence-corrected chi connectivity index (χ0v) is 15.4. The highest BCUT2D eigenvalue weighted by Crippen LogP contribution is 2.32. The monoisotopic (exact) mass is 383 g/mol. The predicted molar refractivity (Wildman–Crippen MR) is 104 cm³/mol. The van der Waals surface area contributed by atoms with Gasteiger partial charge in [0, 0.05) is 13.1 Å². The van der Waals surface area contributed by atoms with Crippen molar-refractivity contribution in [3.8, 4) is 11.5 Å². The normalized spacial score (nSPS) is 22.5. The molecule has 1 saturated heterocycles. The highest BCUT2D eigenvalue weighted by atomic mass is 19.1. The number of aromatic amines is 1. The molecular weight excluding hydrogens is 361 g/mol. The number of nitrogens with one attached hydrogen (secondary N) is 1. The van der Waals surface area contributed by atoms with Crippen molar-refractivity contribution in [1.82, 2.24) is 14.5 Å². The van der Waals surface area contributed by atoms with Crippen LogP contribution in [0.5, 0.6) is 11.5 Å². The fourth-order valence-electron chi connectivity index (χ4n) is 4.31. The van der Waals surface area contributed by atoms with Crippen molar-refractivity contribution >= 4 is 11.0 Å². The number of likely N-dealkylation sites (tertiary alicyclic amines) is 1. The summed E-state index contributed by atoms with van der Waals surface area (Å²) >= 11 is 0. The van der Waals surface area contributed by atoms with Crippen molar-refractivity contribution in [2.24, 2.45) is 0 Å². The number of halogens is 1. The van der Waals surface area contributed by atoms with Gasteiger partial charge in [0.15, 0.2) is 11.5 Å². The summed E-state index contributed by atoms with van der Waals surface area (Å²) in [6.45, 7) is 2.98. The van der Waals surface area contributed by atoms with E-state index in [0.717, 1.165) is 49.5 Å². The Kier molecular flexibility index (Phi) is 4.31. The summed E-state index contributed by atoms with van der Waals surface area (Å²) in [4.78, 5) is 17.6. The van der Waals surface area contributed by atoms with Crippen LogP contribution >= 0.6 is 0 Å². The van der Waals surface area contributed by atoms with Gasteiger partial charge in [0.1, 0.15) is 18.5 Å². The number of fused-ring (bicyclic) bond motifs is 2. The zero-order valence-electron chi connectivity index (χ0n) is 15.4. The van der Waals surface area contributed by atoms with Gasteiger partial charge in [0.25, 0.3) is 0 Å². The summed E-state index contributed by atoms with van der Waals surface area (Å²) in [5.41, 5.74) is 1.12. The van der Waals surface area contributed by atoms with Gasteiger partial charge in [0.05, 0.1) is 17.1 Å². The van der Waals surface area contributed by atoms with Crippen molar-refractivity contribution in [2.45, 2.75) is 25.0 Å². The van der Waals surface area contributed by atoms with Gasteiger partial charge in [-0.25, -0.2) is 9.18 Å². The number of piperidine rings is 1. The molecule has 1 N–H and O–H groups in total. The van der Waals surface area contributed by atoms with E-state index in [4.69, 9.17) is 9.47 Å². The molecule has 5 rings (SSSR count). The van der Waals surface area contributed by atoms with Crippen LogP contribution in [0.15, 0.2) is 47.3 Å². The SMILES string of the molecule is O=c1[nH]c2cc(F)ccc2n1[C@H]1CCCN(C[C@H]2COc3ccccc3O2)C1. The minimum absolute atomic E-state index is 0.0394. The van der Waals surface area contributed by atoms with Gasteiger partial charge >= 0.3 is 5.69 Å². The quantitative estimate of drug-likeness (QED) is 0.756. The topological polar surface area (TPSA) is 59.5 Å². The third-order valence-corrected chi connectivity index (χ3v) is 5.55. The molecule has 0 amide bonds. The molecule has 2 aliphatic rings. The average Bonchev–Trinajstić information content (AvgIpc) is 3.03. The number of nitrogens with zero attached hydrogens (tertiary/aromatic N) is 2. The Bertz CT molecular complexity index is 1060. The van der Waals surface area contributed by atoms with Gasteiger partial charge in [-0.15, -0.1) is 0 Å². The Hall–Kier alpha value is -2.80.